The molecule has 2 aliphatic carbocycles. The molecule has 0 N–H and O–H groups in total. The summed E-state index contributed by atoms with van der Waals surface area (Å²) in [5.41, 5.74) is 26.8. The third-order valence-electron chi connectivity index (χ3n) is 19.8. The fourth-order valence-electron chi connectivity index (χ4n) is 16.5. The van der Waals surface area contributed by atoms with E-state index in [4.69, 9.17) is 0 Å². The highest BCUT2D eigenvalue weighted by Crippen LogP contribution is 2.65. The Kier molecular flexibility index (Phi) is 10.0. The molecule has 0 saturated carbocycles. The fourth-order valence-corrected chi connectivity index (χ4v) is 16.5. The normalized spacial score (nSPS) is 14.8. The van der Waals surface area contributed by atoms with Crippen LogP contribution in [0.25, 0.3) is 99.1 Å². The van der Waals surface area contributed by atoms with E-state index in [1.165, 1.54) is 127 Å². The molecule has 3 aliphatic rings. The third kappa shape index (κ3) is 6.34. The van der Waals surface area contributed by atoms with E-state index in [0.717, 1.165) is 33.9 Å². The van der Waals surface area contributed by atoms with E-state index in [1.54, 1.807) is 0 Å². The predicted octanol–water partition coefficient (Wildman–Crippen LogP) is 21.2. The molecular weight excluding hydrogens is 1050 g/mol. The van der Waals surface area contributed by atoms with Crippen LogP contribution in [0.4, 0.5) is 17.1 Å². The molecule has 14 aromatic carbocycles. The van der Waals surface area contributed by atoms with Crippen molar-refractivity contribution in [3.8, 4) is 44.8 Å². The fraction of sp³-hybridized carbons (Fsp3) is 0.0238. The van der Waals surface area contributed by atoms with E-state index in [9.17, 15) is 0 Å². The SMILES string of the molecule is c1ccc(-n2c3ccccc3c3ccc(-c4ccc(N(c5cccc6c5-c5ccccc5C65c6ccccc6-n6c7ccccc7c7cccc5c76)c5cc6c(c7ccccc57)-c5ccccc5C6(c5ccccc5)c5ccccc5)cc4)cc32)cc1. The van der Waals surface area contributed by atoms with Gasteiger partial charge in [0, 0.05) is 43.9 Å². The number of aromatic nitrogens is 2. The smallest absolute Gasteiger partial charge is 0.0755 e. The first-order valence-corrected chi connectivity index (χ1v) is 30.3. The van der Waals surface area contributed by atoms with E-state index in [0.29, 0.717) is 0 Å². The molecule has 3 heteroatoms. The van der Waals surface area contributed by atoms with Gasteiger partial charge in [-0.15, -0.1) is 0 Å². The Morgan fingerprint density at radius 1 is 0.264 bits per heavy atom. The van der Waals surface area contributed by atoms with Crippen molar-refractivity contribution in [1.82, 2.24) is 9.13 Å². The number of fused-ring (bicyclic) bond motifs is 20. The lowest BCUT2D eigenvalue weighted by atomic mass is 9.65. The molecule has 0 bridgehead atoms. The Morgan fingerprint density at radius 2 is 0.770 bits per heavy atom. The van der Waals surface area contributed by atoms with Gasteiger partial charge in [0.05, 0.1) is 50.0 Å². The minimum absolute atomic E-state index is 0.637. The summed E-state index contributed by atoms with van der Waals surface area (Å²) in [7, 11) is 0. The van der Waals surface area contributed by atoms with Gasteiger partial charge in [0.25, 0.3) is 0 Å². The molecule has 16 aromatic rings. The van der Waals surface area contributed by atoms with E-state index >= 15 is 0 Å². The van der Waals surface area contributed by atoms with Crippen LogP contribution in [0.15, 0.2) is 322 Å². The van der Waals surface area contributed by atoms with E-state index in [1.807, 2.05) is 0 Å². The van der Waals surface area contributed by atoms with Crippen LogP contribution in [0.2, 0.25) is 0 Å². The summed E-state index contributed by atoms with van der Waals surface area (Å²) in [5, 5.41) is 7.43. The van der Waals surface area contributed by atoms with Crippen LogP contribution < -0.4 is 4.90 Å². The topological polar surface area (TPSA) is 13.1 Å². The molecule has 0 saturated heterocycles. The first-order chi connectivity index (χ1) is 43.2. The van der Waals surface area contributed by atoms with Crippen LogP contribution in [-0.2, 0) is 10.8 Å². The summed E-state index contributed by atoms with van der Waals surface area (Å²) in [4.78, 5) is 2.62. The van der Waals surface area contributed by atoms with Crippen molar-refractivity contribution in [3.63, 3.8) is 0 Å². The first kappa shape index (κ1) is 48.1. The molecule has 19 rings (SSSR count). The second-order valence-electron chi connectivity index (χ2n) is 23.8. The van der Waals surface area contributed by atoms with Gasteiger partial charge < -0.3 is 14.0 Å². The number of anilines is 3. The quantitative estimate of drug-likeness (QED) is 0.155. The molecule has 1 aliphatic heterocycles. The van der Waals surface area contributed by atoms with Gasteiger partial charge in [-0.2, -0.15) is 0 Å². The zero-order valence-corrected chi connectivity index (χ0v) is 47.4. The second kappa shape index (κ2) is 18.1. The number of rotatable bonds is 7. The number of hydrogen-bond donors (Lipinski definition) is 0. The number of benzene rings is 14. The Balaban J connectivity index is 0.906. The van der Waals surface area contributed by atoms with Crippen molar-refractivity contribution in [2.75, 3.05) is 4.90 Å². The zero-order valence-electron chi connectivity index (χ0n) is 47.4. The maximum atomic E-state index is 2.62. The molecule has 3 heterocycles. The highest BCUT2D eigenvalue weighted by atomic mass is 15.1. The van der Waals surface area contributed by atoms with Gasteiger partial charge in [-0.25, -0.2) is 0 Å². The molecule has 2 aromatic heterocycles. The lowest BCUT2D eigenvalue weighted by Crippen LogP contribution is -2.33. The zero-order chi connectivity index (χ0) is 57.0. The lowest BCUT2D eigenvalue weighted by molar-refractivity contribution is 0.748. The maximum Gasteiger partial charge on any atom is 0.0755 e. The average molecular weight is 1100 g/mol. The summed E-state index contributed by atoms with van der Waals surface area (Å²) >= 11 is 0. The molecule has 0 amide bonds. The molecule has 0 radical (unpaired) electrons. The van der Waals surface area contributed by atoms with Crippen molar-refractivity contribution >= 4 is 71.4 Å². The van der Waals surface area contributed by atoms with E-state index < -0.39 is 10.8 Å². The average Bonchev–Trinajstić information content (AvgIpc) is 1.56. The Bertz CT molecular complexity index is 5480. The van der Waals surface area contributed by atoms with Gasteiger partial charge in [0.1, 0.15) is 0 Å². The van der Waals surface area contributed by atoms with Crippen LogP contribution in [0.5, 0.6) is 0 Å². The van der Waals surface area contributed by atoms with Crippen molar-refractivity contribution in [1.29, 1.82) is 0 Å². The van der Waals surface area contributed by atoms with Gasteiger partial charge in [-0.3, -0.25) is 0 Å². The van der Waals surface area contributed by atoms with Crippen molar-refractivity contribution < 1.29 is 0 Å². The standard InChI is InChI=1S/C84H53N3/c1-4-24-56(25-5-1)83(57-26-6-2-7-27-57)68-37-16-12-34-66(68)80-64-33-11-10-31-61(64)79(53-73(80)83)86(59-49-46-54(47-50-59)55-48-51-63-60-30-14-19-42-74(60)85(78(63)52-55)58-28-8-3-9-29-58)77-45-23-40-71-81(77)67-35-13-17-38-69(67)84(71)70-39-18-21-44-76(70)87-75-43-20-15-32-62(75)65-36-22-41-72(84)82(65)87/h1-53H. The first-order valence-electron chi connectivity index (χ1n) is 30.3. The molecule has 1 spiro atoms. The summed E-state index contributed by atoms with van der Waals surface area (Å²) < 4.78 is 4.95. The summed E-state index contributed by atoms with van der Waals surface area (Å²) in [5.74, 6) is 0. The summed E-state index contributed by atoms with van der Waals surface area (Å²) in [6.45, 7) is 0. The molecule has 404 valence electrons. The van der Waals surface area contributed by atoms with Crippen LogP contribution in [0, 0.1) is 0 Å². The van der Waals surface area contributed by atoms with Gasteiger partial charge in [-0.05, 0) is 138 Å². The minimum atomic E-state index is -0.643. The van der Waals surface area contributed by atoms with Crippen molar-refractivity contribution in [3.05, 3.63) is 366 Å². The number of para-hydroxylation sites is 5. The monoisotopic (exact) mass is 1100 g/mol. The predicted molar refractivity (Wildman–Crippen MR) is 361 cm³/mol. The number of hydrogen-bond acceptors (Lipinski definition) is 1. The molecule has 1 atom stereocenters. The Hall–Kier alpha value is -11.3. The Morgan fingerprint density at radius 3 is 1.49 bits per heavy atom. The molecule has 1 unspecified atom stereocenters. The molecule has 0 fully saturated rings. The van der Waals surface area contributed by atoms with Gasteiger partial charge >= 0.3 is 0 Å². The van der Waals surface area contributed by atoms with Gasteiger partial charge in [0.15, 0.2) is 0 Å². The Labute approximate surface area is 504 Å². The minimum Gasteiger partial charge on any atom is -0.309 e. The summed E-state index contributed by atoms with van der Waals surface area (Å²) in [6.07, 6.45) is 0. The van der Waals surface area contributed by atoms with Crippen molar-refractivity contribution in [2.45, 2.75) is 10.8 Å². The van der Waals surface area contributed by atoms with Gasteiger partial charge in [0.2, 0.25) is 0 Å². The highest BCUT2D eigenvalue weighted by molar-refractivity contribution is 6.16. The molecular formula is C84H53N3. The van der Waals surface area contributed by atoms with Crippen LogP contribution in [-0.4, -0.2) is 9.13 Å². The maximum absolute atomic E-state index is 2.62. The lowest BCUT2D eigenvalue weighted by Gasteiger charge is -2.40. The van der Waals surface area contributed by atoms with E-state index in [-0.39, 0.29) is 0 Å². The molecule has 87 heavy (non-hydrogen) atoms. The number of nitrogens with zero attached hydrogens (tertiary/aromatic N) is 3. The van der Waals surface area contributed by atoms with Crippen LogP contribution in [0.1, 0.15) is 44.5 Å². The van der Waals surface area contributed by atoms with Crippen LogP contribution in [0.3, 0.4) is 0 Å². The molecule has 3 nitrogen and oxygen atoms in total. The van der Waals surface area contributed by atoms with Crippen LogP contribution >= 0.6 is 0 Å². The largest absolute Gasteiger partial charge is 0.309 e. The third-order valence-corrected chi connectivity index (χ3v) is 19.8. The summed E-state index contributed by atoms with van der Waals surface area (Å²) in [6, 6.07) is 121. The van der Waals surface area contributed by atoms with Crippen molar-refractivity contribution in [2.24, 2.45) is 0 Å². The van der Waals surface area contributed by atoms with Gasteiger partial charge in [-0.1, -0.05) is 261 Å². The highest BCUT2D eigenvalue weighted by Gasteiger charge is 2.52. The van der Waals surface area contributed by atoms with E-state index in [2.05, 4.69) is 336 Å². The second-order valence-corrected chi connectivity index (χ2v) is 23.8.